The fraction of sp³-hybridized carbons (Fsp3) is 0.200. The molecule has 4 aromatic rings. The van der Waals surface area contributed by atoms with Gasteiger partial charge in [0, 0.05) is 5.39 Å². The first kappa shape index (κ1) is 16.2. The van der Waals surface area contributed by atoms with E-state index in [9.17, 15) is 9.59 Å². The van der Waals surface area contributed by atoms with Gasteiger partial charge >= 0.3 is 5.97 Å². The van der Waals surface area contributed by atoms with Gasteiger partial charge in [-0.2, -0.15) is 0 Å². The Morgan fingerprint density at radius 2 is 1.77 bits per heavy atom. The number of benzene rings is 2. The van der Waals surface area contributed by atoms with Gasteiger partial charge in [-0.15, -0.1) is 0 Å². The maximum absolute atomic E-state index is 13.1. The lowest BCUT2D eigenvalue weighted by molar-refractivity contribution is 0.0527. The zero-order chi connectivity index (χ0) is 18.4. The lowest BCUT2D eigenvalue weighted by atomic mass is 10.1. The minimum atomic E-state index is -0.420. The van der Waals surface area contributed by atoms with Crippen LogP contribution in [-0.2, 0) is 4.74 Å². The third kappa shape index (κ3) is 2.05. The SMILES string of the molecule is CCOC(=O)c1c(C)n2c3ccccc3c(=O)n2c2c(OC)cccc12. The van der Waals surface area contributed by atoms with Crippen molar-refractivity contribution in [1.82, 2.24) is 9.03 Å². The Morgan fingerprint density at radius 1 is 1.04 bits per heavy atom. The first-order valence-electron chi connectivity index (χ1n) is 8.39. The molecule has 0 spiro atoms. The summed E-state index contributed by atoms with van der Waals surface area (Å²) in [6.45, 7) is 3.86. The van der Waals surface area contributed by atoms with Crippen molar-refractivity contribution in [3.05, 3.63) is 64.1 Å². The third-order valence-electron chi connectivity index (χ3n) is 4.61. The molecule has 4 rings (SSSR count). The first-order chi connectivity index (χ1) is 12.6. The fourth-order valence-corrected chi connectivity index (χ4v) is 3.55. The molecule has 0 N–H and O–H groups in total. The number of aryl methyl sites for hydroxylation is 1. The highest BCUT2D eigenvalue weighted by molar-refractivity contribution is 6.06. The van der Waals surface area contributed by atoms with Crippen LogP contribution in [0.4, 0.5) is 0 Å². The number of esters is 1. The van der Waals surface area contributed by atoms with Crippen LogP contribution in [-0.4, -0.2) is 28.7 Å². The molecule has 6 nitrogen and oxygen atoms in total. The Morgan fingerprint density at radius 3 is 2.50 bits per heavy atom. The van der Waals surface area contributed by atoms with Crippen LogP contribution in [0.5, 0.6) is 5.75 Å². The number of carbonyl (C=O) groups excluding carboxylic acids is 1. The van der Waals surface area contributed by atoms with Gasteiger partial charge in [-0.25, -0.2) is 13.8 Å². The molecule has 26 heavy (non-hydrogen) atoms. The highest BCUT2D eigenvalue weighted by atomic mass is 16.5. The molecule has 0 saturated heterocycles. The van der Waals surface area contributed by atoms with Crippen LogP contribution in [0.25, 0.3) is 21.8 Å². The number of hydrogen-bond acceptors (Lipinski definition) is 4. The predicted octanol–water partition coefficient (Wildman–Crippen LogP) is 3.20. The van der Waals surface area contributed by atoms with Crippen molar-refractivity contribution in [3.8, 4) is 5.75 Å². The van der Waals surface area contributed by atoms with E-state index in [2.05, 4.69) is 0 Å². The third-order valence-corrected chi connectivity index (χ3v) is 4.61. The molecule has 0 bridgehead atoms. The summed E-state index contributed by atoms with van der Waals surface area (Å²) in [4.78, 5) is 25.8. The topological polar surface area (TPSA) is 61.4 Å². The van der Waals surface area contributed by atoms with Gasteiger partial charge in [0.15, 0.2) is 0 Å². The Kier molecular flexibility index (Phi) is 3.68. The van der Waals surface area contributed by atoms with Gasteiger partial charge in [-0.05, 0) is 32.0 Å². The molecule has 2 heterocycles. The molecule has 0 aliphatic rings. The number of aromatic nitrogens is 2. The van der Waals surface area contributed by atoms with Crippen molar-refractivity contribution in [2.75, 3.05) is 13.7 Å². The van der Waals surface area contributed by atoms with E-state index in [0.717, 1.165) is 5.52 Å². The second kappa shape index (κ2) is 5.91. The summed E-state index contributed by atoms with van der Waals surface area (Å²) >= 11 is 0. The number of carbonyl (C=O) groups is 1. The molecule has 0 aliphatic carbocycles. The summed E-state index contributed by atoms with van der Waals surface area (Å²) < 4.78 is 14.1. The minimum Gasteiger partial charge on any atom is -0.494 e. The Hall–Kier alpha value is -3.28. The van der Waals surface area contributed by atoms with Crippen LogP contribution in [0.15, 0.2) is 47.3 Å². The average Bonchev–Trinajstić information content (AvgIpc) is 2.95. The molecule has 0 amide bonds. The van der Waals surface area contributed by atoms with Crippen LogP contribution >= 0.6 is 0 Å². The molecular formula is C20H18N2O4. The lowest BCUT2D eigenvalue weighted by Crippen LogP contribution is -2.19. The second-order valence-electron chi connectivity index (χ2n) is 5.98. The van der Waals surface area contributed by atoms with Crippen LogP contribution in [0.1, 0.15) is 23.0 Å². The maximum Gasteiger partial charge on any atom is 0.340 e. The molecule has 0 unspecified atom stereocenters. The van der Waals surface area contributed by atoms with E-state index < -0.39 is 5.97 Å². The van der Waals surface area contributed by atoms with Gasteiger partial charge in [-0.1, -0.05) is 24.3 Å². The molecule has 2 aromatic heterocycles. The van der Waals surface area contributed by atoms with Gasteiger partial charge in [0.25, 0.3) is 5.56 Å². The van der Waals surface area contributed by atoms with Crippen molar-refractivity contribution >= 4 is 27.8 Å². The van der Waals surface area contributed by atoms with Gasteiger partial charge < -0.3 is 9.47 Å². The Balaban J connectivity index is 2.36. The molecule has 6 heteroatoms. The standard InChI is InChI=1S/C20H18N2O4/c1-4-26-20(24)17-12(2)21-15-10-6-5-8-13(15)19(23)22(21)18-14(17)9-7-11-16(18)25-3/h5-11H,4H2,1-3H3. The van der Waals surface area contributed by atoms with Crippen LogP contribution in [0.3, 0.4) is 0 Å². The maximum atomic E-state index is 13.1. The van der Waals surface area contributed by atoms with Crippen molar-refractivity contribution in [3.63, 3.8) is 0 Å². The van der Waals surface area contributed by atoms with Gasteiger partial charge in [0.2, 0.25) is 0 Å². The molecule has 132 valence electrons. The highest BCUT2D eigenvalue weighted by Crippen LogP contribution is 2.31. The molecule has 0 radical (unpaired) electrons. The second-order valence-corrected chi connectivity index (χ2v) is 5.98. The summed E-state index contributed by atoms with van der Waals surface area (Å²) in [6, 6.07) is 12.7. The van der Waals surface area contributed by atoms with Gasteiger partial charge in [0.05, 0.1) is 35.9 Å². The van der Waals surface area contributed by atoms with Gasteiger partial charge in [-0.3, -0.25) is 4.79 Å². The number of ether oxygens (including phenoxy) is 2. The summed E-state index contributed by atoms with van der Waals surface area (Å²) in [5, 5.41) is 1.20. The highest BCUT2D eigenvalue weighted by Gasteiger charge is 2.23. The quantitative estimate of drug-likeness (QED) is 0.532. The Bertz CT molecular complexity index is 1230. The molecule has 2 aromatic carbocycles. The fourth-order valence-electron chi connectivity index (χ4n) is 3.55. The van der Waals surface area contributed by atoms with E-state index in [1.165, 1.54) is 0 Å². The lowest BCUT2D eigenvalue weighted by Gasteiger charge is -2.16. The van der Waals surface area contributed by atoms with E-state index in [0.29, 0.717) is 33.3 Å². The van der Waals surface area contributed by atoms with E-state index in [-0.39, 0.29) is 12.2 Å². The average molecular weight is 350 g/mol. The first-order valence-corrected chi connectivity index (χ1v) is 8.39. The zero-order valence-corrected chi connectivity index (χ0v) is 14.8. The number of fused-ring (bicyclic) bond motifs is 5. The molecular weight excluding hydrogens is 332 g/mol. The van der Waals surface area contributed by atoms with Crippen LogP contribution < -0.4 is 10.3 Å². The van der Waals surface area contributed by atoms with Crippen molar-refractivity contribution in [1.29, 1.82) is 0 Å². The summed E-state index contributed by atoms with van der Waals surface area (Å²) in [7, 11) is 1.54. The van der Waals surface area contributed by atoms with E-state index in [1.807, 2.05) is 25.1 Å². The number of methoxy groups -OCH3 is 1. The van der Waals surface area contributed by atoms with Crippen LogP contribution in [0.2, 0.25) is 0 Å². The molecule has 0 saturated carbocycles. The minimum absolute atomic E-state index is 0.159. The zero-order valence-electron chi connectivity index (χ0n) is 14.8. The van der Waals surface area contributed by atoms with Crippen molar-refractivity contribution in [2.45, 2.75) is 13.8 Å². The summed E-state index contributed by atoms with van der Waals surface area (Å²) in [6.07, 6.45) is 0. The summed E-state index contributed by atoms with van der Waals surface area (Å²) in [5.41, 5.74) is 2.19. The number of nitrogens with zero attached hydrogens (tertiary/aromatic N) is 2. The van der Waals surface area contributed by atoms with Crippen molar-refractivity contribution in [2.24, 2.45) is 0 Å². The molecule has 0 aliphatic heterocycles. The number of para-hydroxylation sites is 2. The largest absolute Gasteiger partial charge is 0.494 e. The smallest absolute Gasteiger partial charge is 0.340 e. The number of rotatable bonds is 3. The molecule has 0 atom stereocenters. The van der Waals surface area contributed by atoms with Crippen molar-refractivity contribution < 1.29 is 14.3 Å². The Labute approximate surface area is 149 Å². The predicted molar refractivity (Wildman–Crippen MR) is 99.4 cm³/mol. The van der Waals surface area contributed by atoms with E-state index >= 15 is 0 Å². The van der Waals surface area contributed by atoms with E-state index in [1.54, 1.807) is 47.3 Å². The van der Waals surface area contributed by atoms with Crippen LogP contribution in [0, 0.1) is 6.92 Å². The normalized spacial score (nSPS) is 11.3. The number of hydrogen-bond donors (Lipinski definition) is 0. The van der Waals surface area contributed by atoms with E-state index in [4.69, 9.17) is 9.47 Å². The molecule has 0 fully saturated rings. The summed E-state index contributed by atoms with van der Waals surface area (Å²) in [5.74, 6) is 0.0962. The van der Waals surface area contributed by atoms with Gasteiger partial charge in [0.1, 0.15) is 11.3 Å². The monoisotopic (exact) mass is 350 g/mol.